The fraction of sp³-hybridized carbons (Fsp3) is 0.0909. The van der Waals surface area contributed by atoms with E-state index < -0.39 is 0 Å². The highest BCUT2D eigenvalue weighted by molar-refractivity contribution is 5.45. The number of hydrogen-bond donors (Lipinski definition) is 0. The first kappa shape index (κ1) is 9.70. The smallest absolute Gasteiger partial charge is 0.0194 e. The van der Waals surface area contributed by atoms with Crippen molar-refractivity contribution in [3.63, 3.8) is 0 Å². The van der Waals surface area contributed by atoms with Crippen molar-refractivity contribution in [3.8, 4) is 0 Å². The van der Waals surface area contributed by atoms with E-state index in [1.807, 2.05) is 25.2 Å². The molecule has 0 heteroatoms. The van der Waals surface area contributed by atoms with Crippen LogP contribution >= 0.6 is 0 Å². The van der Waals surface area contributed by atoms with Gasteiger partial charge in [0.1, 0.15) is 0 Å². The third kappa shape index (κ3) is 3.41. The molecule has 0 aromatic carbocycles. The molecule has 0 bridgehead atoms. The lowest BCUT2D eigenvalue weighted by Gasteiger charge is -1.97. The molecule has 0 aliphatic heterocycles. The predicted octanol–water partition coefficient (Wildman–Crippen LogP) is 3.42. The summed E-state index contributed by atoms with van der Waals surface area (Å²) in [5.74, 6) is 0. The van der Waals surface area contributed by atoms with Gasteiger partial charge in [-0.2, -0.15) is 0 Å². The second kappa shape index (κ2) is 5.48. The summed E-state index contributed by atoms with van der Waals surface area (Å²) in [6.07, 6.45) is 9.32. The Bertz CT molecular complexity index is 214. The second-order valence-corrected chi connectivity index (χ2v) is 2.09. The summed E-state index contributed by atoms with van der Waals surface area (Å²) >= 11 is 0. The van der Waals surface area contributed by atoms with E-state index in [1.54, 1.807) is 12.2 Å². The molecule has 0 spiro atoms. The van der Waals surface area contributed by atoms with E-state index in [2.05, 4.69) is 19.7 Å². The molecule has 0 aromatic heterocycles. The van der Waals surface area contributed by atoms with Crippen molar-refractivity contribution < 1.29 is 0 Å². The molecule has 11 heavy (non-hydrogen) atoms. The summed E-state index contributed by atoms with van der Waals surface area (Å²) in [6.45, 7) is 13.0. The van der Waals surface area contributed by atoms with E-state index in [0.29, 0.717) is 0 Å². The van der Waals surface area contributed by atoms with Crippen molar-refractivity contribution in [2.75, 3.05) is 0 Å². The zero-order valence-corrected chi connectivity index (χ0v) is 7.01. The van der Waals surface area contributed by atoms with Gasteiger partial charge in [-0.05, 0) is 18.1 Å². The maximum atomic E-state index is 3.83. The quantitative estimate of drug-likeness (QED) is 0.533. The minimum Gasteiger partial charge on any atom is -0.0990 e. The van der Waals surface area contributed by atoms with Crippen LogP contribution in [0, 0.1) is 0 Å². The molecule has 0 fully saturated rings. The summed E-state index contributed by atoms with van der Waals surface area (Å²) in [4.78, 5) is 0. The van der Waals surface area contributed by atoms with E-state index in [0.717, 1.165) is 11.1 Å². The van der Waals surface area contributed by atoms with Crippen molar-refractivity contribution in [1.29, 1.82) is 0 Å². The molecule has 0 saturated carbocycles. The van der Waals surface area contributed by atoms with Gasteiger partial charge in [0.15, 0.2) is 0 Å². The van der Waals surface area contributed by atoms with Gasteiger partial charge in [-0.25, -0.2) is 0 Å². The summed E-state index contributed by atoms with van der Waals surface area (Å²) in [7, 11) is 0. The van der Waals surface area contributed by atoms with Gasteiger partial charge in [-0.3, -0.25) is 0 Å². The maximum absolute atomic E-state index is 3.83. The highest BCUT2D eigenvalue weighted by Crippen LogP contribution is 2.09. The van der Waals surface area contributed by atoms with Gasteiger partial charge in [0.25, 0.3) is 0 Å². The lowest BCUT2D eigenvalue weighted by molar-refractivity contribution is 1.55. The van der Waals surface area contributed by atoms with Gasteiger partial charge in [0, 0.05) is 0 Å². The molecule has 0 heterocycles. The Hall–Kier alpha value is -1.30. The van der Waals surface area contributed by atoms with Gasteiger partial charge >= 0.3 is 0 Å². The molecule has 0 saturated heterocycles. The average Bonchev–Trinajstić information content (AvgIpc) is 2.03. The first-order valence-corrected chi connectivity index (χ1v) is 3.53. The minimum absolute atomic E-state index is 0.919. The molecule has 0 unspecified atom stereocenters. The topological polar surface area (TPSA) is 0 Å². The molecular formula is C11H14. The third-order valence-corrected chi connectivity index (χ3v) is 1.26. The fourth-order valence-electron chi connectivity index (χ4n) is 0.694. The maximum Gasteiger partial charge on any atom is -0.0194 e. The Balaban J connectivity index is 4.59. The van der Waals surface area contributed by atoms with Crippen molar-refractivity contribution in [2.45, 2.75) is 6.92 Å². The van der Waals surface area contributed by atoms with Crippen LogP contribution in [0.3, 0.4) is 0 Å². The van der Waals surface area contributed by atoms with Crippen LogP contribution in [-0.4, -0.2) is 0 Å². The molecule has 0 rings (SSSR count). The zero-order chi connectivity index (χ0) is 8.69. The Kier molecular flexibility index (Phi) is 4.83. The molecule has 0 nitrogen and oxygen atoms in total. The fourth-order valence-corrected chi connectivity index (χ4v) is 0.694. The van der Waals surface area contributed by atoms with Crippen LogP contribution in [0.2, 0.25) is 0 Å². The van der Waals surface area contributed by atoms with Gasteiger partial charge in [0.05, 0.1) is 0 Å². The molecule has 0 aliphatic rings. The lowest BCUT2D eigenvalue weighted by atomic mass is 10.1. The van der Waals surface area contributed by atoms with Crippen LogP contribution in [0.1, 0.15) is 6.92 Å². The lowest BCUT2D eigenvalue weighted by Crippen LogP contribution is -1.78. The normalized spacial score (nSPS) is 11.5. The van der Waals surface area contributed by atoms with Crippen LogP contribution in [0.15, 0.2) is 61.3 Å². The molecule has 0 N–H and O–H groups in total. The molecule has 0 aromatic rings. The predicted molar refractivity (Wildman–Crippen MR) is 52.4 cm³/mol. The summed E-state index contributed by atoms with van der Waals surface area (Å²) < 4.78 is 0. The number of allylic oxidation sites excluding steroid dienone is 7. The molecule has 0 atom stereocenters. The first-order valence-electron chi connectivity index (χ1n) is 3.53. The van der Waals surface area contributed by atoms with Gasteiger partial charge in [-0.1, -0.05) is 50.1 Å². The second-order valence-electron chi connectivity index (χ2n) is 2.09. The van der Waals surface area contributed by atoms with Crippen LogP contribution < -0.4 is 0 Å². The van der Waals surface area contributed by atoms with Gasteiger partial charge < -0.3 is 0 Å². The first-order chi connectivity index (χ1) is 5.26. The van der Waals surface area contributed by atoms with E-state index >= 15 is 0 Å². The standard InChI is InChI=1S/C11H14/c1-5-8-11(9-6-2)10(4)7-3/h5-9H,1,3-4H2,2H3/b9-6-,11-8-. The third-order valence-electron chi connectivity index (χ3n) is 1.26. The van der Waals surface area contributed by atoms with E-state index in [-0.39, 0.29) is 0 Å². The minimum atomic E-state index is 0.919. The summed E-state index contributed by atoms with van der Waals surface area (Å²) in [6, 6.07) is 0. The highest BCUT2D eigenvalue weighted by Gasteiger charge is 1.90. The monoisotopic (exact) mass is 146 g/mol. The zero-order valence-electron chi connectivity index (χ0n) is 7.01. The molecule has 0 radical (unpaired) electrons. The largest absolute Gasteiger partial charge is 0.0990 e. The molecule has 0 amide bonds. The van der Waals surface area contributed by atoms with E-state index in [1.165, 1.54) is 0 Å². The molecule has 0 aliphatic carbocycles. The van der Waals surface area contributed by atoms with Crippen molar-refractivity contribution in [3.05, 3.63) is 61.3 Å². The summed E-state index contributed by atoms with van der Waals surface area (Å²) in [5, 5.41) is 0. The molecule has 58 valence electrons. The Morgan fingerprint density at radius 3 is 2.27 bits per heavy atom. The number of rotatable bonds is 4. The molecular weight excluding hydrogens is 132 g/mol. The van der Waals surface area contributed by atoms with Crippen LogP contribution in [0.4, 0.5) is 0 Å². The Labute approximate surface area is 68.9 Å². The Morgan fingerprint density at radius 1 is 1.27 bits per heavy atom. The van der Waals surface area contributed by atoms with Crippen molar-refractivity contribution >= 4 is 0 Å². The van der Waals surface area contributed by atoms with E-state index in [4.69, 9.17) is 0 Å². The Morgan fingerprint density at radius 2 is 1.91 bits per heavy atom. The SMILES string of the molecule is C=C/C=C(/C=C\C)C(=C)C=C. The van der Waals surface area contributed by atoms with Gasteiger partial charge in [-0.15, -0.1) is 0 Å². The average molecular weight is 146 g/mol. The van der Waals surface area contributed by atoms with Crippen molar-refractivity contribution in [1.82, 2.24) is 0 Å². The summed E-state index contributed by atoms with van der Waals surface area (Å²) in [5.41, 5.74) is 1.97. The van der Waals surface area contributed by atoms with Crippen LogP contribution in [0.25, 0.3) is 0 Å². The highest BCUT2D eigenvalue weighted by atomic mass is 13.9. The van der Waals surface area contributed by atoms with Gasteiger partial charge in [0.2, 0.25) is 0 Å². The van der Waals surface area contributed by atoms with E-state index in [9.17, 15) is 0 Å². The van der Waals surface area contributed by atoms with Crippen LogP contribution in [-0.2, 0) is 0 Å². The van der Waals surface area contributed by atoms with Crippen molar-refractivity contribution in [2.24, 2.45) is 0 Å². The van der Waals surface area contributed by atoms with Crippen LogP contribution in [0.5, 0.6) is 0 Å². The number of hydrogen-bond acceptors (Lipinski definition) is 0.